The highest BCUT2D eigenvalue weighted by molar-refractivity contribution is 5.02. The molecule has 100 valence electrons. The lowest BCUT2D eigenvalue weighted by Crippen LogP contribution is -2.57. The molecule has 1 aliphatic carbocycles. The van der Waals surface area contributed by atoms with E-state index in [-0.39, 0.29) is 5.54 Å². The van der Waals surface area contributed by atoms with Crippen LogP contribution in [0.3, 0.4) is 0 Å². The molecule has 0 amide bonds. The Kier molecular flexibility index (Phi) is 6.12. The van der Waals surface area contributed by atoms with Gasteiger partial charge in [-0.1, -0.05) is 12.2 Å². The zero-order valence-corrected chi connectivity index (χ0v) is 11.1. The average Bonchev–Trinajstić information content (AvgIpc) is 3.11. The standard InChI is InChI=1S/C13H26N2O2/c1-11(2)8-17-7-6-15-13(9-14,10-16-3)12-4-5-12/h12,15H,1,4-10,14H2,2-3H3. The molecule has 0 saturated heterocycles. The first-order valence-electron chi connectivity index (χ1n) is 6.31. The molecule has 0 heterocycles. The molecular weight excluding hydrogens is 216 g/mol. The van der Waals surface area contributed by atoms with Gasteiger partial charge in [-0.3, -0.25) is 0 Å². The molecular formula is C13H26N2O2. The number of hydrogen-bond donors (Lipinski definition) is 2. The molecule has 1 rings (SSSR count). The second-order valence-electron chi connectivity index (χ2n) is 5.00. The van der Waals surface area contributed by atoms with Crippen molar-refractivity contribution < 1.29 is 9.47 Å². The van der Waals surface area contributed by atoms with Gasteiger partial charge in [0.1, 0.15) is 0 Å². The molecule has 17 heavy (non-hydrogen) atoms. The van der Waals surface area contributed by atoms with Crippen molar-refractivity contribution in [3.63, 3.8) is 0 Å². The van der Waals surface area contributed by atoms with Crippen LogP contribution in [0.4, 0.5) is 0 Å². The number of rotatable bonds is 10. The van der Waals surface area contributed by atoms with Crippen molar-refractivity contribution in [2.75, 3.05) is 40.0 Å². The molecule has 0 aromatic rings. The number of nitrogens with two attached hydrogens (primary N) is 1. The van der Waals surface area contributed by atoms with Gasteiger partial charge in [0.15, 0.2) is 0 Å². The predicted molar refractivity (Wildman–Crippen MR) is 70.0 cm³/mol. The van der Waals surface area contributed by atoms with Crippen molar-refractivity contribution in [2.24, 2.45) is 11.7 Å². The largest absolute Gasteiger partial charge is 0.383 e. The summed E-state index contributed by atoms with van der Waals surface area (Å²) in [4.78, 5) is 0. The summed E-state index contributed by atoms with van der Waals surface area (Å²) in [7, 11) is 1.73. The second kappa shape index (κ2) is 7.11. The summed E-state index contributed by atoms with van der Waals surface area (Å²) in [6.07, 6.45) is 2.50. The van der Waals surface area contributed by atoms with E-state index in [0.29, 0.717) is 32.3 Å². The molecule has 4 nitrogen and oxygen atoms in total. The van der Waals surface area contributed by atoms with E-state index in [4.69, 9.17) is 15.2 Å². The Bertz CT molecular complexity index is 242. The Morgan fingerprint density at radius 1 is 1.53 bits per heavy atom. The van der Waals surface area contributed by atoms with Crippen LogP contribution in [0.2, 0.25) is 0 Å². The van der Waals surface area contributed by atoms with Crippen LogP contribution in [0.1, 0.15) is 19.8 Å². The zero-order chi connectivity index (χ0) is 12.7. The molecule has 0 aromatic carbocycles. The fourth-order valence-corrected chi connectivity index (χ4v) is 2.12. The van der Waals surface area contributed by atoms with Gasteiger partial charge in [-0.15, -0.1) is 0 Å². The van der Waals surface area contributed by atoms with E-state index in [1.165, 1.54) is 12.8 Å². The van der Waals surface area contributed by atoms with Crippen molar-refractivity contribution in [1.82, 2.24) is 5.32 Å². The maximum atomic E-state index is 5.90. The van der Waals surface area contributed by atoms with Gasteiger partial charge < -0.3 is 20.5 Å². The van der Waals surface area contributed by atoms with E-state index in [1.54, 1.807) is 7.11 Å². The molecule has 1 aliphatic rings. The summed E-state index contributed by atoms with van der Waals surface area (Å²) in [5.41, 5.74) is 6.90. The van der Waals surface area contributed by atoms with E-state index in [9.17, 15) is 0 Å². The molecule has 1 saturated carbocycles. The van der Waals surface area contributed by atoms with Crippen molar-refractivity contribution in [2.45, 2.75) is 25.3 Å². The van der Waals surface area contributed by atoms with E-state index >= 15 is 0 Å². The Hall–Kier alpha value is -0.420. The SMILES string of the molecule is C=C(C)COCCNC(CN)(COC)C1CC1. The summed E-state index contributed by atoms with van der Waals surface area (Å²) >= 11 is 0. The molecule has 0 radical (unpaired) electrons. The van der Waals surface area contributed by atoms with Gasteiger partial charge in [-0.25, -0.2) is 0 Å². The molecule has 1 unspecified atom stereocenters. The Balaban J connectivity index is 2.26. The lowest BCUT2D eigenvalue weighted by Gasteiger charge is -2.33. The molecule has 0 aromatic heterocycles. The Labute approximate surface area is 105 Å². The maximum absolute atomic E-state index is 5.90. The van der Waals surface area contributed by atoms with Crippen LogP contribution in [0.5, 0.6) is 0 Å². The minimum absolute atomic E-state index is 0.0542. The van der Waals surface area contributed by atoms with Crippen molar-refractivity contribution in [3.8, 4) is 0 Å². The first-order valence-corrected chi connectivity index (χ1v) is 6.31. The summed E-state index contributed by atoms with van der Waals surface area (Å²) in [5.74, 6) is 0.661. The van der Waals surface area contributed by atoms with Gasteiger partial charge in [0.2, 0.25) is 0 Å². The lowest BCUT2D eigenvalue weighted by atomic mass is 9.94. The van der Waals surface area contributed by atoms with Crippen LogP contribution >= 0.6 is 0 Å². The fraction of sp³-hybridized carbons (Fsp3) is 0.846. The van der Waals surface area contributed by atoms with Crippen LogP contribution < -0.4 is 11.1 Å². The highest BCUT2D eigenvalue weighted by Gasteiger charge is 2.43. The van der Waals surface area contributed by atoms with Gasteiger partial charge in [0, 0.05) is 20.2 Å². The molecule has 1 fully saturated rings. The lowest BCUT2D eigenvalue weighted by molar-refractivity contribution is 0.0860. The van der Waals surface area contributed by atoms with Gasteiger partial charge in [0.05, 0.1) is 25.4 Å². The summed E-state index contributed by atoms with van der Waals surface area (Å²) < 4.78 is 10.8. The molecule has 1 atom stereocenters. The van der Waals surface area contributed by atoms with E-state index in [2.05, 4.69) is 11.9 Å². The Morgan fingerprint density at radius 2 is 2.24 bits per heavy atom. The van der Waals surface area contributed by atoms with Crippen LogP contribution in [0.15, 0.2) is 12.2 Å². The smallest absolute Gasteiger partial charge is 0.0672 e. The van der Waals surface area contributed by atoms with E-state index in [1.807, 2.05) is 6.92 Å². The van der Waals surface area contributed by atoms with Crippen LogP contribution in [0.25, 0.3) is 0 Å². The number of hydrogen-bond acceptors (Lipinski definition) is 4. The van der Waals surface area contributed by atoms with Crippen molar-refractivity contribution in [3.05, 3.63) is 12.2 Å². The van der Waals surface area contributed by atoms with Crippen molar-refractivity contribution in [1.29, 1.82) is 0 Å². The second-order valence-corrected chi connectivity index (χ2v) is 5.00. The summed E-state index contributed by atoms with van der Waals surface area (Å²) in [6.45, 7) is 9.18. The third-order valence-electron chi connectivity index (χ3n) is 3.20. The molecule has 3 N–H and O–H groups in total. The van der Waals surface area contributed by atoms with Gasteiger partial charge in [0.25, 0.3) is 0 Å². The van der Waals surface area contributed by atoms with Crippen LogP contribution in [0, 0.1) is 5.92 Å². The minimum atomic E-state index is -0.0542. The Morgan fingerprint density at radius 3 is 2.71 bits per heavy atom. The van der Waals surface area contributed by atoms with Crippen LogP contribution in [-0.2, 0) is 9.47 Å². The van der Waals surface area contributed by atoms with E-state index < -0.39 is 0 Å². The molecule has 4 heteroatoms. The average molecular weight is 242 g/mol. The highest BCUT2D eigenvalue weighted by atomic mass is 16.5. The van der Waals surface area contributed by atoms with Gasteiger partial charge in [-0.05, 0) is 25.7 Å². The maximum Gasteiger partial charge on any atom is 0.0672 e. The molecule has 0 spiro atoms. The summed E-state index contributed by atoms with van der Waals surface area (Å²) in [6, 6.07) is 0. The van der Waals surface area contributed by atoms with Crippen LogP contribution in [-0.4, -0.2) is 45.6 Å². The highest BCUT2D eigenvalue weighted by Crippen LogP contribution is 2.39. The van der Waals surface area contributed by atoms with Crippen molar-refractivity contribution >= 4 is 0 Å². The zero-order valence-electron chi connectivity index (χ0n) is 11.1. The van der Waals surface area contributed by atoms with E-state index in [0.717, 1.165) is 12.1 Å². The van der Waals surface area contributed by atoms with Gasteiger partial charge >= 0.3 is 0 Å². The molecule has 0 bridgehead atoms. The molecule has 0 aliphatic heterocycles. The number of ether oxygens (including phenoxy) is 2. The number of nitrogens with one attached hydrogen (secondary N) is 1. The quantitative estimate of drug-likeness (QED) is 0.442. The summed E-state index contributed by atoms with van der Waals surface area (Å²) in [5, 5.41) is 3.51. The normalized spacial score (nSPS) is 19.0. The monoisotopic (exact) mass is 242 g/mol. The first kappa shape index (κ1) is 14.6. The fourth-order valence-electron chi connectivity index (χ4n) is 2.12. The minimum Gasteiger partial charge on any atom is -0.383 e. The number of methoxy groups -OCH3 is 1. The third kappa shape index (κ3) is 4.76. The predicted octanol–water partition coefficient (Wildman–Crippen LogP) is 0.923. The van der Waals surface area contributed by atoms with Gasteiger partial charge in [-0.2, -0.15) is 0 Å². The topological polar surface area (TPSA) is 56.5 Å². The third-order valence-corrected chi connectivity index (χ3v) is 3.20. The first-order chi connectivity index (χ1) is 8.14.